The van der Waals surface area contributed by atoms with Gasteiger partial charge in [0.25, 0.3) is 0 Å². The van der Waals surface area contributed by atoms with Gasteiger partial charge in [-0.25, -0.2) is 0 Å². The zero-order chi connectivity index (χ0) is 13.8. The highest BCUT2D eigenvalue weighted by Gasteiger charge is 2.07. The molecule has 2 nitrogen and oxygen atoms in total. The fraction of sp³-hybridized carbons (Fsp3) is 0.200. The summed E-state index contributed by atoms with van der Waals surface area (Å²) in [5.74, 6) is 1.64. The quantitative estimate of drug-likeness (QED) is 0.875. The first-order valence-electron chi connectivity index (χ1n) is 6.02. The molecule has 0 aromatic heterocycles. The van der Waals surface area contributed by atoms with Crippen LogP contribution in [0.15, 0.2) is 40.9 Å². The summed E-state index contributed by atoms with van der Waals surface area (Å²) in [5.41, 5.74) is 7.73. The topological polar surface area (TPSA) is 35.2 Å². The molecule has 0 saturated carbocycles. The van der Waals surface area contributed by atoms with Gasteiger partial charge in [0.05, 0.1) is 0 Å². The molecule has 0 aliphatic carbocycles. The van der Waals surface area contributed by atoms with Crippen molar-refractivity contribution < 1.29 is 4.74 Å². The molecule has 2 rings (SSSR count). The number of hydrogen-bond donors (Lipinski definition) is 1. The number of aryl methyl sites for hydroxylation is 1. The third kappa shape index (κ3) is 3.72. The van der Waals surface area contributed by atoms with Crippen molar-refractivity contribution in [1.82, 2.24) is 0 Å². The largest absolute Gasteiger partial charge is 0.457 e. The first-order valence-corrected chi connectivity index (χ1v) is 7.20. The maximum Gasteiger partial charge on any atom is 0.130 e. The molecule has 2 N–H and O–H groups in total. The molecule has 4 heteroatoms. The summed E-state index contributed by atoms with van der Waals surface area (Å²) in [7, 11) is 0. The standard InChI is InChI=1S/C15H15BrClNO/c1-10-8-13(17)3-5-14(10)19-15-4-2-12(16)9-11(15)6-7-18/h2-5,8-9H,6-7,18H2,1H3. The fourth-order valence-corrected chi connectivity index (χ4v) is 2.48. The Kier molecular flexibility index (Phi) is 4.86. The third-order valence-corrected chi connectivity index (χ3v) is 3.52. The summed E-state index contributed by atoms with van der Waals surface area (Å²) in [6.45, 7) is 2.56. The molecule has 19 heavy (non-hydrogen) atoms. The Balaban J connectivity index is 2.32. The van der Waals surface area contributed by atoms with Crippen LogP contribution in [0.2, 0.25) is 5.02 Å². The summed E-state index contributed by atoms with van der Waals surface area (Å²) in [6.07, 6.45) is 0.779. The Labute approximate surface area is 126 Å². The highest BCUT2D eigenvalue weighted by Crippen LogP contribution is 2.31. The monoisotopic (exact) mass is 339 g/mol. The number of benzene rings is 2. The lowest BCUT2D eigenvalue weighted by Gasteiger charge is -2.13. The Morgan fingerprint density at radius 2 is 1.89 bits per heavy atom. The van der Waals surface area contributed by atoms with E-state index in [-0.39, 0.29) is 0 Å². The number of halogens is 2. The van der Waals surface area contributed by atoms with E-state index in [1.807, 2.05) is 43.3 Å². The maximum absolute atomic E-state index is 5.97. The average molecular weight is 341 g/mol. The van der Waals surface area contributed by atoms with Gasteiger partial charge in [-0.2, -0.15) is 0 Å². The minimum absolute atomic E-state index is 0.590. The predicted octanol–water partition coefficient (Wildman–Crippen LogP) is 4.70. The Morgan fingerprint density at radius 1 is 1.16 bits per heavy atom. The van der Waals surface area contributed by atoms with Gasteiger partial charge in [-0.3, -0.25) is 0 Å². The highest BCUT2D eigenvalue weighted by molar-refractivity contribution is 9.10. The van der Waals surface area contributed by atoms with Crippen LogP contribution in [0.5, 0.6) is 11.5 Å². The second-order valence-electron chi connectivity index (χ2n) is 4.30. The summed E-state index contributed by atoms with van der Waals surface area (Å²) >= 11 is 9.41. The maximum atomic E-state index is 5.97. The van der Waals surface area contributed by atoms with E-state index < -0.39 is 0 Å². The van der Waals surface area contributed by atoms with Gasteiger partial charge in [0, 0.05) is 9.50 Å². The lowest BCUT2D eigenvalue weighted by molar-refractivity contribution is 0.472. The molecule has 0 bridgehead atoms. The van der Waals surface area contributed by atoms with E-state index in [2.05, 4.69) is 15.9 Å². The Morgan fingerprint density at radius 3 is 2.58 bits per heavy atom. The van der Waals surface area contributed by atoms with Gasteiger partial charge >= 0.3 is 0 Å². The normalized spacial score (nSPS) is 10.5. The van der Waals surface area contributed by atoms with E-state index in [4.69, 9.17) is 22.1 Å². The summed E-state index contributed by atoms with van der Waals surface area (Å²) in [4.78, 5) is 0. The molecule has 0 fully saturated rings. The third-order valence-electron chi connectivity index (χ3n) is 2.79. The number of ether oxygens (including phenoxy) is 1. The van der Waals surface area contributed by atoms with E-state index >= 15 is 0 Å². The molecule has 0 heterocycles. The van der Waals surface area contributed by atoms with Crippen LogP contribution < -0.4 is 10.5 Å². The van der Waals surface area contributed by atoms with Gasteiger partial charge < -0.3 is 10.5 Å². The molecular formula is C15H15BrClNO. The lowest BCUT2D eigenvalue weighted by Crippen LogP contribution is -2.04. The Bertz CT molecular complexity index is 586. The molecule has 0 unspecified atom stereocenters. The van der Waals surface area contributed by atoms with Gasteiger partial charge in [0.2, 0.25) is 0 Å². The number of rotatable bonds is 4. The number of hydrogen-bond acceptors (Lipinski definition) is 2. The van der Waals surface area contributed by atoms with Gasteiger partial charge in [-0.05, 0) is 67.4 Å². The van der Waals surface area contributed by atoms with Crippen molar-refractivity contribution in [2.75, 3.05) is 6.54 Å². The number of nitrogens with two attached hydrogens (primary N) is 1. The van der Waals surface area contributed by atoms with Crippen LogP contribution >= 0.6 is 27.5 Å². The zero-order valence-corrected chi connectivity index (χ0v) is 13.0. The van der Waals surface area contributed by atoms with Crippen molar-refractivity contribution in [2.45, 2.75) is 13.3 Å². The molecule has 0 saturated heterocycles. The van der Waals surface area contributed by atoms with Crippen LogP contribution in [0.1, 0.15) is 11.1 Å². The van der Waals surface area contributed by atoms with Crippen LogP contribution in [0.4, 0.5) is 0 Å². The van der Waals surface area contributed by atoms with Gasteiger partial charge in [-0.1, -0.05) is 27.5 Å². The fourth-order valence-electron chi connectivity index (χ4n) is 1.84. The highest BCUT2D eigenvalue weighted by atomic mass is 79.9. The van der Waals surface area contributed by atoms with Crippen molar-refractivity contribution in [1.29, 1.82) is 0 Å². The Hall–Kier alpha value is -1.03. The van der Waals surface area contributed by atoms with E-state index in [0.29, 0.717) is 11.6 Å². The smallest absolute Gasteiger partial charge is 0.130 e. The van der Waals surface area contributed by atoms with Crippen molar-refractivity contribution in [3.63, 3.8) is 0 Å². The molecule has 0 aliphatic rings. The molecule has 0 aliphatic heterocycles. The van der Waals surface area contributed by atoms with Gasteiger partial charge in [-0.15, -0.1) is 0 Å². The van der Waals surface area contributed by atoms with Gasteiger partial charge in [0.1, 0.15) is 11.5 Å². The predicted molar refractivity (Wildman–Crippen MR) is 83.2 cm³/mol. The van der Waals surface area contributed by atoms with Crippen LogP contribution in [0, 0.1) is 6.92 Å². The second-order valence-corrected chi connectivity index (χ2v) is 5.65. The summed E-state index contributed by atoms with van der Waals surface area (Å²) in [5, 5.41) is 0.711. The molecule has 0 atom stereocenters. The van der Waals surface area contributed by atoms with Crippen molar-refractivity contribution in [2.24, 2.45) is 5.73 Å². The van der Waals surface area contributed by atoms with E-state index in [0.717, 1.165) is 33.5 Å². The summed E-state index contributed by atoms with van der Waals surface area (Å²) in [6, 6.07) is 11.5. The van der Waals surface area contributed by atoms with E-state index in [9.17, 15) is 0 Å². The van der Waals surface area contributed by atoms with Crippen molar-refractivity contribution in [3.8, 4) is 11.5 Å². The molecule has 2 aromatic rings. The van der Waals surface area contributed by atoms with Gasteiger partial charge in [0.15, 0.2) is 0 Å². The molecule has 2 aromatic carbocycles. The first-order chi connectivity index (χ1) is 9.10. The minimum atomic E-state index is 0.590. The molecule has 0 amide bonds. The lowest BCUT2D eigenvalue weighted by atomic mass is 10.1. The molecular weight excluding hydrogens is 326 g/mol. The minimum Gasteiger partial charge on any atom is -0.457 e. The van der Waals surface area contributed by atoms with E-state index in [1.165, 1.54) is 0 Å². The van der Waals surface area contributed by atoms with Crippen molar-refractivity contribution in [3.05, 3.63) is 57.0 Å². The van der Waals surface area contributed by atoms with Crippen LogP contribution in [-0.2, 0) is 6.42 Å². The van der Waals surface area contributed by atoms with E-state index in [1.54, 1.807) is 0 Å². The first kappa shape index (κ1) is 14.4. The molecule has 0 radical (unpaired) electrons. The van der Waals surface area contributed by atoms with Crippen LogP contribution in [0.3, 0.4) is 0 Å². The average Bonchev–Trinajstić information content (AvgIpc) is 2.36. The SMILES string of the molecule is Cc1cc(Cl)ccc1Oc1ccc(Br)cc1CCN. The zero-order valence-electron chi connectivity index (χ0n) is 10.6. The molecule has 100 valence electrons. The van der Waals surface area contributed by atoms with Crippen LogP contribution in [-0.4, -0.2) is 6.54 Å². The second kappa shape index (κ2) is 6.42. The summed E-state index contributed by atoms with van der Waals surface area (Å²) < 4.78 is 6.99. The van der Waals surface area contributed by atoms with Crippen LogP contribution in [0.25, 0.3) is 0 Å². The van der Waals surface area contributed by atoms with Crippen molar-refractivity contribution >= 4 is 27.5 Å². The molecule has 0 spiro atoms.